The third-order valence-corrected chi connectivity index (χ3v) is 5.80. The summed E-state index contributed by atoms with van der Waals surface area (Å²) in [4.78, 5) is 9.51. The molecule has 6 heteroatoms. The Bertz CT molecular complexity index is 905. The van der Waals surface area contributed by atoms with Crippen LogP contribution in [0.1, 0.15) is 113 Å². The van der Waals surface area contributed by atoms with Crippen molar-refractivity contribution in [3.05, 3.63) is 53.3 Å². The number of fused-ring (bicyclic) bond motifs is 1. The molecule has 194 valence electrons. The summed E-state index contributed by atoms with van der Waals surface area (Å²) in [5.74, 6) is 2.52. The summed E-state index contributed by atoms with van der Waals surface area (Å²) in [5, 5.41) is 13.0. The molecule has 0 saturated carbocycles. The smallest absolute Gasteiger partial charge is 0.132 e. The van der Waals surface area contributed by atoms with Crippen LogP contribution in [0.25, 0.3) is 0 Å². The molecule has 0 radical (unpaired) electrons. The zero-order valence-corrected chi connectivity index (χ0v) is 25.4. The normalized spacial score (nSPS) is 15.5. The first-order valence-electron chi connectivity index (χ1n) is 12.3. The van der Waals surface area contributed by atoms with Gasteiger partial charge in [-0.3, -0.25) is 0 Å². The third kappa shape index (κ3) is 7.20. The van der Waals surface area contributed by atoms with Gasteiger partial charge in [-0.25, -0.2) is 9.97 Å². The number of hydrogen-bond donors (Lipinski definition) is 2. The SMILES string of the molecule is CC.CCC.CCc1nc(CC2CC[C@H](C)c3ccc(N)c(C#N)c32)c(CC)c(NC)n1.[CH3-].[Cf]. The Morgan fingerprint density at radius 3 is 2.21 bits per heavy atom. The Labute approximate surface area is 203 Å². The monoisotopic (exact) mass is 701 g/mol. The van der Waals surface area contributed by atoms with Gasteiger partial charge in [0.1, 0.15) is 17.7 Å². The number of nitrogens with zero attached hydrogens (tertiary/aromatic N) is 3. The predicted octanol–water partition coefficient (Wildman–Crippen LogP) is 7.21. The number of aromatic nitrogens is 2. The van der Waals surface area contributed by atoms with Crippen molar-refractivity contribution in [1.82, 2.24) is 9.97 Å². The Kier molecular flexibility index (Phi) is 15.4. The van der Waals surface area contributed by atoms with Crippen LogP contribution < -0.4 is 11.1 Å². The molecular weight excluding hydrogens is 657 g/mol. The topological polar surface area (TPSA) is 87.6 Å². The first-order chi connectivity index (χ1) is 15.4. The molecule has 1 unspecified atom stereocenters. The van der Waals surface area contributed by atoms with Gasteiger partial charge in [-0.2, -0.15) is 5.26 Å². The van der Waals surface area contributed by atoms with Crippen LogP contribution in [0.2, 0.25) is 0 Å². The zero-order chi connectivity index (χ0) is 24.3. The average Bonchev–Trinajstić information content (AvgIpc) is 2.81. The van der Waals surface area contributed by atoms with E-state index in [1.165, 1.54) is 17.5 Å². The molecule has 3 rings (SSSR count). The van der Waals surface area contributed by atoms with Crippen molar-refractivity contribution < 1.29 is 0 Å². The van der Waals surface area contributed by atoms with Crippen molar-refractivity contribution in [2.24, 2.45) is 0 Å². The van der Waals surface area contributed by atoms with E-state index in [1.807, 2.05) is 27.0 Å². The number of rotatable bonds is 5. The second-order valence-electron chi connectivity index (χ2n) is 8.10. The minimum atomic E-state index is 0. The van der Waals surface area contributed by atoms with Crippen LogP contribution in [-0.2, 0) is 19.3 Å². The standard InChI is InChI=1S/C22H29N5.C3H8.C2H6.CH3.Cf/c1-5-15-19(26-20(6-2)27-22(15)25-4)11-14-8-7-13(3)16-9-10-18(24)17(12-23)21(14)16;1-3-2;1-2;;/h9-10,13-14H,5-8,11,24H2,1-4H3,(H,25,26,27);3H2,1-2H3;1-2H3;1H3;/q;;;-1;/t13-,14?;;;;/m0..../s1. The van der Waals surface area contributed by atoms with Gasteiger partial charge in [0, 0.05) is 30.4 Å². The first kappa shape index (κ1) is 32.6. The number of nitrogen functional groups attached to an aromatic ring is 1. The van der Waals surface area contributed by atoms with Gasteiger partial charge in [-0.1, -0.05) is 61.0 Å². The maximum Gasteiger partial charge on any atom is 0.132 e. The first-order valence-corrected chi connectivity index (χ1v) is 12.3. The fourth-order valence-electron chi connectivity index (χ4n) is 4.32. The number of hydrogen-bond acceptors (Lipinski definition) is 5. The summed E-state index contributed by atoms with van der Waals surface area (Å²) < 4.78 is 0. The molecule has 0 aliphatic heterocycles. The molecule has 0 amide bonds. The van der Waals surface area contributed by atoms with Crippen LogP contribution in [0.15, 0.2) is 12.1 Å². The van der Waals surface area contributed by atoms with Gasteiger partial charge in [-0.15, -0.1) is 0 Å². The molecular formula is C28H46CfN5-. The molecule has 0 saturated heterocycles. The molecule has 1 heterocycles. The summed E-state index contributed by atoms with van der Waals surface area (Å²) in [6.07, 6.45) is 5.94. The molecule has 1 aromatic heterocycles. The molecule has 1 aliphatic rings. The molecule has 0 spiro atoms. The minimum Gasteiger partial charge on any atom is -0.398 e. The number of nitrogens with two attached hydrogens (primary N) is 1. The molecule has 5 nitrogen and oxygen atoms in total. The Morgan fingerprint density at radius 2 is 1.71 bits per heavy atom. The average molecular weight is 704 g/mol. The van der Waals surface area contributed by atoms with Crippen molar-refractivity contribution >= 4 is 11.5 Å². The summed E-state index contributed by atoms with van der Waals surface area (Å²) in [6, 6.07) is 6.36. The summed E-state index contributed by atoms with van der Waals surface area (Å²) in [7, 11) is 1.91. The number of nitriles is 1. The fraction of sp³-hybridized carbons (Fsp3) is 0.571. The van der Waals surface area contributed by atoms with Gasteiger partial charge >= 0.3 is 0 Å². The molecule has 0 fully saturated rings. The molecule has 0 bridgehead atoms. The number of nitrogens with one attached hydrogen (secondary N) is 1. The molecule has 34 heavy (non-hydrogen) atoms. The van der Waals surface area contributed by atoms with Crippen LogP contribution in [0.4, 0.5) is 11.5 Å². The van der Waals surface area contributed by atoms with Crippen LogP contribution >= 0.6 is 0 Å². The Hall–Kier alpha value is -3.61. The van der Waals surface area contributed by atoms with Gasteiger partial charge < -0.3 is 18.5 Å². The molecule has 1 aromatic carbocycles. The van der Waals surface area contributed by atoms with Crippen LogP contribution in [0, 0.1) is 18.8 Å². The van der Waals surface area contributed by atoms with Gasteiger partial charge in [0.2, 0.25) is 0 Å². The van der Waals surface area contributed by atoms with Crippen LogP contribution in [0.3, 0.4) is 0 Å². The van der Waals surface area contributed by atoms with Crippen molar-refractivity contribution in [3.8, 4) is 6.07 Å². The van der Waals surface area contributed by atoms with E-state index >= 15 is 0 Å². The van der Waals surface area contributed by atoms with E-state index in [0.29, 0.717) is 17.2 Å². The number of anilines is 2. The van der Waals surface area contributed by atoms with Crippen molar-refractivity contribution in [2.45, 2.75) is 98.8 Å². The second-order valence-corrected chi connectivity index (χ2v) is 8.10. The Balaban J connectivity index is 0. The molecule has 2 atom stereocenters. The third-order valence-electron chi connectivity index (χ3n) is 5.80. The van der Waals surface area contributed by atoms with E-state index < -0.39 is 0 Å². The summed E-state index contributed by atoms with van der Waals surface area (Å²) in [6.45, 7) is 14.7. The second kappa shape index (κ2) is 16.1. The van der Waals surface area contributed by atoms with E-state index in [1.54, 1.807) is 0 Å². The molecule has 1 aliphatic carbocycles. The summed E-state index contributed by atoms with van der Waals surface area (Å²) >= 11 is 0. The minimum absolute atomic E-state index is 0. The van der Waals surface area contributed by atoms with E-state index in [0.717, 1.165) is 55.0 Å². The van der Waals surface area contributed by atoms with Crippen molar-refractivity contribution in [2.75, 3.05) is 18.1 Å². The number of aryl methyl sites for hydroxylation is 1. The van der Waals surface area contributed by atoms with E-state index in [-0.39, 0.29) is 13.3 Å². The van der Waals surface area contributed by atoms with E-state index in [9.17, 15) is 5.26 Å². The zero-order valence-electron chi connectivity index (χ0n) is 22.8. The maximum atomic E-state index is 9.74. The van der Waals surface area contributed by atoms with E-state index in [2.05, 4.69) is 57.1 Å². The van der Waals surface area contributed by atoms with Gasteiger partial charge in [0.05, 0.1) is 5.56 Å². The largest absolute Gasteiger partial charge is 0.398 e. The molecule has 2 aromatic rings. The van der Waals surface area contributed by atoms with Crippen molar-refractivity contribution in [3.63, 3.8) is 0 Å². The van der Waals surface area contributed by atoms with Gasteiger partial charge in [-0.05, 0) is 54.7 Å². The van der Waals surface area contributed by atoms with Crippen LogP contribution in [-0.4, -0.2) is 17.0 Å². The summed E-state index contributed by atoms with van der Waals surface area (Å²) in [5.41, 5.74) is 12.1. The quantitative estimate of drug-likeness (QED) is 0.254. The van der Waals surface area contributed by atoms with Crippen molar-refractivity contribution in [1.29, 1.82) is 5.26 Å². The van der Waals surface area contributed by atoms with Gasteiger partial charge in [0.25, 0.3) is 0 Å². The molecule has 3 N–H and O–H groups in total. The number of benzene rings is 1. The Morgan fingerprint density at radius 1 is 1.09 bits per heavy atom. The fourth-order valence-corrected chi connectivity index (χ4v) is 4.32. The predicted molar refractivity (Wildman–Crippen MR) is 144 cm³/mol. The van der Waals surface area contributed by atoms with E-state index in [4.69, 9.17) is 10.7 Å². The maximum absolute atomic E-state index is 9.74. The van der Waals surface area contributed by atoms with Gasteiger partial charge in [0.15, 0.2) is 0 Å². The van der Waals surface area contributed by atoms with Crippen LogP contribution in [0.5, 0.6) is 0 Å².